The van der Waals surface area contributed by atoms with E-state index in [1.807, 2.05) is 12.1 Å². The molecular formula is C13H16Cl2N4O2. The highest BCUT2D eigenvalue weighted by atomic mass is 35.5. The van der Waals surface area contributed by atoms with E-state index in [2.05, 4.69) is 15.5 Å². The average Bonchev–Trinajstić information content (AvgIpc) is 2.87. The van der Waals surface area contributed by atoms with Crippen LogP contribution in [0.2, 0.25) is 5.02 Å². The lowest BCUT2D eigenvalue weighted by Gasteiger charge is -2.05. The molecule has 1 atom stereocenters. The molecule has 114 valence electrons. The molecule has 0 fully saturated rings. The van der Waals surface area contributed by atoms with E-state index >= 15 is 0 Å². The van der Waals surface area contributed by atoms with Crippen LogP contribution in [0.5, 0.6) is 0 Å². The summed E-state index contributed by atoms with van der Waals surface area (Å²) in [4.78, 5) is 15.5. The number of hydrogen-bond acceptors (Lipinski definition) is 5. The van der Waals surface area contributed by atoms with Gasteiger partial charge in [-0.2, -0.15) is 4.98 Å². The minimum Gasteiger partial charge on any atom is -0.354 e. The Hall–Kier alpha value is -1.63. The largest absolute Gasteiger partial charge is 0.354 e. The number of nitrogens with one attached hydrogen (secondary N) is 1. The Bertz CT molecular complexity index is 601. The number of aromatic nitrogens is 2. The van der Waals surface area contributed by atoms with Crippen molar-refractivity contribution in [1.82, 2.24) is 15.5 Å². The van der Waals surface area contributed by atoms with E-state index in [-0.39, 0.29) is 18.3 Å². The number of rotatable bonds is 5. The summed E-state index contributed by atoms with van der Waals surface area (Å²) in [6.07, 6.45) is 0.450. The lowest BCUT2D eigenvalue weighted by Crippen LogP contribution is -2.39. The lowest BCUT2D eigenvalue weighted by atomic mass is 10.2. The molecule has 0 aliphatic rings. The average molecular weight is 331 g/mol. The fourth-order valence-corrected chi connectivity index (χ4v) is 1.75. The molecule has 0 saturated carbocycles. The van der Waals surface area contributed by atoms with Crippen LogP contribution < -0.4 is 11.1 Å². The van der Waals surface area contributed by atoms with Crippen molar-refractivity contribution in [3.8, 4) is 11.4 Å². The van der Waals surface area contributed by atoms with E-state index in [0.717, 1.165) is 5.56 Å². The molecule has 0 aliphatic heterocycles. The molecule has 21 heavy (non-hydrogen) atoms. The van der Waals surface area contributed by atoms with Crippen molar-refractivity contribution in [3.05, 3.63) is 35.2 Å². The van der Waals surface area contributed by atoms with Gasteiger partial charge < -0.3 is 15.6 Å². The maximum Gasteiger partial charge on any atom is 0.236 e. The maximum absolute atomic E-state index is 11.3. The van der Waals surface area contributed by atoms with Gasteiger partial charge >= 0.3 is 0 Å². The highest BCUT2D eigenvalue weighted by Gasteiger charge is 2.10. The smallest absolute Gasteiger partial charge is 0.236 e. The number of halogens is 2. The first-order valence-corrected chi connectivity index (χ1v) is 6.56. The number of amides is 1. The van der Waals surface area contributed by atoms with E-state index in [9.17, 15) is 4.79 Å². The van der Waals surface area contributed by atoms with Crippen molar-refractivity contribution >= 4 is 29.9 Å². The van der Waals surface area contributed by atoms with Gasteiger partial charge in [0.25, 0.3) is 0 Å². The Morgan fingerprint density at radius 2 is 2.29 bits per heavy atom. The quantitative estimate of drug-likeness (QED) is 0.871. The van der Waals surface area contributed by atoms with E-state index in [4.69, 9.17) is 21.9 Å². The SMILES string of the molecule is C[C@@H](N)C(=O)NCCc1nc(-c2cccc(Cl)c2)no1.Cl. The first-order valence-electron chi connectivity index (χ1n) is 6.18. The topological polar surface area (TPSA) is 94.0 Å². The summed E-state index contributed by atoms with van der Waals surface area (Å²) >= 11 is 5.90. The second kappa shape index (κ2) is 7.97. The molecule has 8 heteroatoms. The van der Waals surface area contributed by atoms with Gasteiger partial charge in [0.05, 0.1) is 6.04 Å². The zero-order valence-corrected chi connectivity index (χ0v) is 12.9. The van der Waals surface area contributed by atoms with Gasteiger partial charge in [0.2, 0.25) is 17.6 Å². The van der Waals surface area contributed by atoms with Crippen LogP contribution in [0.3, 0.4) is 0 Å². The van der Waals surface area contributed by atoms with Crippen LogP contribution in [0.4, 0.5) is 0 Å². The summed E-state index contributed by atoms with van der Waals surface area (Å²) in [6, 6.07) is 6.66. The third-order valence-corrected chi connectivity index (χ3v) is 2.84. The second-order valence-corrected chi connectivity index (χ2v) is 4.79. The Labute approximate surface area is 133 Å². The van der Waals surface area contributed by atoms with E-state index in [1.54, 1.807) is 19.1 Å². The Morgan fingerprint density at radius 1 is 1.52 bits per heavy atom. The van der Waals surface area contributed by atoms with Crippen molar-refractivity contribution in [2.45, 2.75) is 19.4 Å². The summed E-state index contributed by atoms with van der Waals surface area (Å²) in [7, 11) is 0. The van der Waals surface area contributed by atoms with Gasteiger partial charge in [0.15, 0.2) is 0 Å². The van der Waals surface area contributed by atoms with E-state index < -0.39 is 6.04 Å². The van der Waals surface area contributed by atoms with Crippen LogP contribution in [-0.4, -0.2) is 28.6 Å². The predicted octanol–water partition coefficient (Wildman–Crippen LogP) is 1.82. The minimum atomic E-state index is -0.528. The van der Waals surface area contributed by atoms with Gasteiger partial charge in [-0.3, -0.25) is 4.79 Å². The number of nitrogens with two attached hydrogens (primary N) is 1. The molecule has 6 nitrogen and oxygen atoms in total. The van der Waals surface area contributed by atoms with Crippen LogP contribution in [0.25, 0.3) is 11.4 Å². The van der Waals surface area contributed by atoms with Crippen molar-refractivity contribution in [2.75, 3.05) is 6.54 Å². The molecular weight excluding hydrogens is 315 g/mol. The van der Waals surface area contributed by atoms with Gasteiger partial charge in [-0.15, -0.1) is 12.4 Å². The van der Waals surface area contributed by atoms with Crippen molar-refractivity contribution in [1.29, 1.82) is 0 Å². The Morgan fingerprint density at radius 3 is 2.95 bits per heavy atom. The summed E-state index contributed by atoms with van der Waals surface area (Å²) in [5.41, 5.74) is 6.22. The van der Waals surface area contributed by atoms with Crippen LogP contribution in [0.15, 0.2) is 28.8 Å². The molecule has 1 aromatic carbocycles. The van der Waals surface area contributed by atoms with Crippen LogP contribution in [-0.2, 0) is 11.2 Å². The van der Waals surface area contributed by atoms with Gasteiger partial charge in [-0.25, -0.2) is 0 Å². The highest BCUT2D eigenvalue weighted by Crippen LogP contribution is 2.19. The fraction of sp³-hybridized carbons (Fsp3) is 0.308. The first-order chi connectivity index (χ1) is 9.56. The molecule has 1 heterocycles. The monoisotopic (exact) mass is 330 g/mol. The normalized spacial score (nSPS) is 11.6. The Kier molecular flexibility index (Phi) is 6.61. The molecule has 0 bridgehead atoms. The van der Waals surface area contributed by atoms with Crippen molar-refractivity contribution < 1.29 is 9.32 Å². The van der Waals surface area contributed by atoms with Crippen molar-refractivity contribution in [3.63, 3.8) is 0 Å². The molecule has 0 radical (unpaired) electrons. The molecule has 0 saturated heterocycles. The molecule has 1 amide bonds. The van der Waals surface area contributed by atoms with Gasteiger partial charge in [0.1, 0.15) is 0 Å². The fourth-order valence-electron chi connectivity index (χ4n) is 1.55. The number of carbonyl (C=O) groups is 1. The van der Waals surface area contributed by atoms with Crippen molar-refractivity contribution in [2.24, 2.45) is 5.73 Å². The maximum atomic E-state index is 11.3. The molecule has 1 aromatic heterocycles. The predicted molar refractivity (Wildman–Crippen MR) is 82.4 cm³/mol. The zero-order valence-electron chi connectivity index (χ0n) is 11.4. The molecule has 0 spiro atoms. The molecule has 2 rings (SSSR count). The van der Waals surface area contributed by atoms with Gasteiger partial charge in [0, 0.05) is 23.6 Å². The van der Waals surface area contributed by atoms with E-state index in [1.165, 1.54) is 0 Å². The molecule has 0 unspecified atom stereocenters. The number of carbonyl (C=O) groups excluding carboxylic acids is 1. The first kappa shape index (κ1) is 17.4. The standard InChI is InChI=1S/C13H15ClN4O2.ClH/c1-8(15)13(19)16-6-5-11-17-12(18-20-11)9-3-2-4-10(14)7-9;/h2-4,7-8H,5-6,15H2,1H3,(H,16,19);1H/t8-;/m1./s1. The Balaban J connectivity index is 0.00000220. The third kappa shape index (κ3) is 5.00. The van der Waals surface area contributed by atoms with Gasteiger partial charge in [-0.05, 0) is 19.1 Å². The van der Waals surface area contributed by atoms with Crippen LogP contribution >= 0.6 is 24.0 Å². The van der Waals surface area contributed by atoms with E-state index in [0.29, 0.717) is 29.7 Å². The number of nitrogens with zero attached hydrogens (tertiary/aromatic N) is 2. The third-order valence-electron chi connectivity index (χ3n) is 2.60. The summed E-state index contributed by atoms with van der Waals surface area (Å²) in [6.45, 7) is 2.02. The van der Waals surface area contributed by atoms with Crippen LogP contribution in [0.1, 0.15) is 12.8 Å². The second-order valence-electron chi connectivity index (χ2n) is 4.35. The minimum absolute atomic E-state index is 0. The lowest BCUT2D eigenvalue weighted by molar-refractivity contribution is -0.121. The summed E-state index contributed by atoms with van der Waals surface area (Å²) < 4.78 is 5.11. The summed E-state index contributed by atoms with van der Waals surface area (Å²) in [5, 5.41) is 7.16. The van der Waals surface area contributed by atoms with Gasteiger partial charge in [-0.1, -0.05) is 28.9 Å². The molecule has 0 aliphatic carbocycles. The zero-order chi connectivity index (χ0) is 14.5. The van der Waals surface area contributed by atoms with Crippen LogP contribution in [0, 0.1) is 0 Å². The molecule has 3 N–H and O–H groups in total. The number of hydrogen-bond donors (Lipinski definition) is 2. The highest BCUT2D eigenvalue weighted by molar-refractivity contribution is 6.30. The number of benzene rings is 1. The molecule has 2 aromatic rings. The summed E-state index contributed by atoms with van der Waals surface area (Å²) in [5.74, 6) is 0.713.